The molecule has 1 aromatic carbocycles. The number of amides is 1. The minimum Gasteiger partial charge on any atom is -0.433 e. The second kappa shape index (κ2) is 6.64. The van der Waals surface area contributed by atoms with Crippen molar-refractivity contribution in [3.05, 3.63) is 42.3 Å². The Morgan fingerprint density at radius 1 is 1.39 bits per heavy atom. The maximum Gasteiger partial charge on any atom is 0.387 e. The highest BCUT2D eigenvalue weighted by atomic mass is 19.3. The van der Waals surface area contributed by atoms with Crippen LogP contribution in [-0.2, 0) is 0 Å². The summed E-state index contributed by atoms with van der Waals surface area (Å²) in [5, 5.41) is 6.43. The number of aromatic nitrogens is 1. The molecule has 1 atom stereocenters. The second-order valence-electron chi connectivity index (χ2n) is 5.14. The molecule has 6 nitrogen and oxygen atoms in total. The Kier molecular flexibility index (Phi) is 4.40. The number of hydrogen-bond donors (Lipinski definition) is 1. The lowest BCUT2D eigenvalue weighted by molar-refractivity contribution is -0.0495. The van der Waals surface area contributed by atoms with E-state index in [0.717, 1.165) is 0 Å². The topological polar surface area (TPSA) is 67.6 Å². The van der Waals surface area contributed by atoms with E-state index < -0.39 is 6.61 Å². The van der Waals surface area contributed by atoms with Crippen molar-refractivity contribution in [2.24, 2.45) is 0 Å². The lowest BCUT2D eigenvalue weighted by Crippen LogP contribution is -2.37. The summed E-state index contributed by atoms with van der Waals surface area (Å²) in [4.78, 5) is 13.8. The van der Waals surface area contributed by atoms with Crippen LogP contribution in [0.25, 0.3) is 0 Å². The van der Waals surface area contributed by atoms with Crippen LogP contribution in [0.3, 0.4) is 0 Å². The molecule has 122 valence electrons. The maximum atomic E-state index is 12.5. The van der Waals surface area contributed by atoms with Gasteiger partial charge in [0.1, 0.15) is 12.0 Å². The zero-order valence-electron chi connectivity index (χ0n) is 12.1. The largest absolute Gasteiger partial charge is 0.433 e. The number of ether oxygens (including phenoxy) is 1. The SMILES string of the molecule is O=C(NC1CCN(c2ccccc2OC(F)F)C1)c1ccon1. The summed E-state index contributed by atoms with van der Waals surface area (Å²) in [5.74, 6) is -0.186. The van der Waals surface area contributed by atoms with E-state index in [-0.39, 0.29) is 23.4 Å². The van der Waals surface area contributed by atoms with E-state index in [1.165, 1.54) is 18.4 Å². The summed E-state index contributed by atoms with van der Waals surface area (Å²) in [6, 6.07) is 8.01. The van der Waals surface area contributed by atoms with Crippen molar-refractivity contribution in [1.82, 2.24) is 10.5 Å². The van der Waals surface area contributed by atoms with Gasteiger partial charge in [-0.2, -0.15) is 8.78 Å². The Morgan fingerprint density at radius 2 is 2.22 bits per heavy atom. The van der Waals surface area contributed by atoms with Gasteiger partial charge < -0.3 is 19.5 Å². The number of para-hydroxylation sites is 2. The average Bonchev–Trinajstić information content (AvgIpc) is 3.18. The minimum atomic E-state index is -2.87. The standard InChI is InChI=1S/C15H15F2N3O3/c16-15(17)23-13-4-2-1-3-12(13)20-7-5-10(9-20)18-14(21)11-6-8-22-19-11/h1-4,6,8,10,15H,5,7,9H2,(H,18,21). The fourth-order valence-corrected chi connectivity index (χ4v) is 2.60. The highest BCUT2D eigenvalue weighted by molar-refractivity contribution is 5.92. The van der Waals surface area contributed by atoms with Gasteiger partial charge in [0.25, 0.3) is 5.91 Å². The Labute approximate surface area is 131 Å². The van der Waals surface area contributed by atoms with Gasteiger partial charge in [-0.1, -0.05) is 17.3 Å². The van der Waals surface area contributed by atoms with Crippen molar-refractivity contribution in [2.45, 2.75) is 19.1 Å². The molecule has 1 fully saturated rings. The number of anilines is 1. The Balaban J connectivity index is 1.65. The van der Waals surface area contributed by atoms with Crippen LogP contribution >= 0.6 is 0 Å². The molecule has 3 rings (SSSR count). The zero-order chi connectivity index (χ0) is 16.2. The Morgan fingerprint density at radius 3 is 2.96 bits per heavy atom. The van der Waals surface area contributed by atoms with E-state index in [2.05, 4.69) is 19.7 Å². The summed E-state index contributed by atoms with van der Waals surface area (Å²) < 4.78 is 34.1. The molecule has 1 saturated heterocycles. The predicted octanol–water partition coefficient (Wildman–Crippen LogP) is 2.28. The van der Waals surface area contributed by atoms with Crippen LogP contribution in [0.4, 0.5) is 14.5 Å². The molecule has 2 aromatic rings. The molecule has 1 aliphatic heterocycles. The van der Waals surface area contributed by atoms with E-state index >= 15 is 0 Å². The molecule has 1 aliphatic rings. The highest BCUT2D eigenvalue weighted by Crippen LogP contribution is 2.31. The summed E-state index contributed by atoms with van der Waals surface area (Å²) in [6.45, 7) is -1.73. The summed E-state index contributed by atoms with van der Waals surface area (Å²) >= 11 is 0. The number of rotatable bonds is 5. The average molecular weight is 323 g/mol. The number of nitrogens with zero attached hydrogens (tertiary/aromatic N) is 2. The quantitative estimate of drug-likeness (QED) is 0.914. The molecule has 8 heteroatoms. The summed E-state index contributed by atoms with van der Waals surface area (Å²) in [6.07, 6.45) is 2.03. The first-order valence-electron chi connectivity index (χ1n) is 7.13. The first-order valence-corrected chi connectivity index (χ1v) is 7.13. The molecule has 0 aliphatic carbocycles. The number of hydrogen-bond acceptors (Lipinski definition) is 5. The van der Waals surface area contributed by atoms with Crippen LogP contribution in [0, 0.1) is 0 Å². The summed E-state index contributed by atoms with van der Waals surface area (Å²) in [7, 11) is 0. The van der Waals surface area contributed by atoms with E-state index in [1.807, 2.05) is 4.90 Å². The van der Waals surface area contributed by atoms with Crippen molar-refractivity contribution in [3.8, 4) is 5.75 Å². The van der Waals surface area contributed by atoms with E-state index in [1.54, 1.807) is 18.2 Å². The first kappa shape index (κ1) is 15.3. The molecular weight excluding hydrogens is 308 g/mol. The molecule has 0 saturated carbocycles. The smallest absolute Gasteiger partial charge is 0.387 e. The third-order valence-corrected chi connectivity index (χ3v) is 3.62. The molecule has 1 amide bonds. The van der Waals surface area contributed by atoms with Crippen molar-refractivity contribution in [3.63, 3.8) is 0 Å². The minimum absolute atomic E-state index is 0.0983. The third kappa shape index (κ3) is 3.58. The normalized spacial score (nSPS) is 17.5. The number of carbonyl (C=O) groups excluding carboxylic acids is 1. The molecule has 0 bridgehead atoms. The monoisotopic (exact) mass is 323 g/mol. The van der Waals surface area contributed by atoms with Gasteiger partial charge >= 0.3 is 6.61 Å². The Bertz CT molecular complexity index is 664. The molecule has 0 radical (unpaired) electrons. The zero-order valence-corrected chi connectivity index (χ0v) is 12.1. The molecule has 1 aromatic heterocycles. The second-order valence-corrected chi connectivity index (χ2v) is 5.14. The number of halogens is 2. The van der Waals surface area contributed by atoms with E-state index in [0.29, 0.717) is 25.2 Å². The van der Waals surface area contributed by atoms with Crippen LogP contribution in [0.15, 0.2) is 41.1 Å². The van der Waals surface area contributed by atoms with Crippen LogP contribution in [-0.4, -0.2) is 36.8 Å². The lowest BCUT2D eigenvalue weighted by Gasteiger charge is -2.21. The van der Waals surface area contributed by atoms with Gasteiger partial charge in [-0.05, 0) is 18.6 Å². The molecule has 23 heavy (non-hydrogen) atoms. The number of benzene rings is 1. The van der Waals surface area contributed by atoms with Crippen molar-refractivity contribution in [1.29, 1.82) is 0 Å². The van der Waals surface area contributed by atoms with Gasteiger partial charge in [0, 0.05) is 25.2 Å². The third-order valence-electron chi connectivity index (χ3n) is 3.62. The highest BCUT2D eigenvalue weighted by Gasteiger charge is 2.27. The van der Waals surface area contributed by atoms with E-state index in [4.69, 9.17) is 0 Å². The van der Waals surface area contributed by atoms with Crippen LogP contribution in [0.1, 0.15) is 16.9 Å². The maximum absolute atomic E-state index is 12.5. The fourth-order valence-electron chi connectivity index (χ4n) is 2.60. The number of alkyl halides is 2. The lowest BCUT2D eigenvalue weighted by atomic mass is 10.2. The van der Waals surface area contributed by atoms with Crippen molar-refractivity contribution >= 4 is 11.6 Å². The van der Waals surface area contributed by atoms with Gasteiger partial charge in [-0.3, -0.25) is 4.79 Å². The molecule has 1 N–H and O–H groups in total. The number of nitrogens with one attached hydrogen (secondary N) is 1. The van der Waals surface area contributed by atoms with Crippen molar-refractivity contribution in [2.75, 3.05) is 18.0 Å². The Hall–Kier alpha value is -2.64. The fraction of sp³-hybridized carbons (Fsp3) is 0.333. The van der Waals surface area contributed by atoms with E-state index in [9.17, 15) is 13.6 Å². The molecule has 2 heterocycles. The number of carbonyl (C=O) groups is 1. The van der Waals surface area contributed by atoms with Crippen LogP contribution < -0.4 is 15.0 Å². The predicted molar refractivity (Wildman–Crippen MR) is 77.7 cm³/mol. The van der Waals surface area contributed by atoms with Gasteiger partial charge in [0.05, 0.1) is 5.69 Å². The van der Waals surface area contributed by atoms with Crippen LogP contribution in [0.2, 0.25) is 0 Å². The molecule has 1 unspecified atom stereocenters. The van der Waals surface area contributed by atoms with Gasteiger partial charge in [0.2, 0.25) is 0 Å². The van der Waals surface area contributed by atoms with Gasteiger partial charge in [-0.15, -0.1) is 0 Å². The van der Waals surface area contributed by atoms with Crippen LogP contribution in [0.5, 0.6) is 5.75 Å². The van der Waals surface area contributed by atoms with Crippen molar-refractivity contribution < 1.29 is 22.8 Å². The van der Waals surface area contributed by atoms with Gasteiger partial charge in [-0.25, -0.2) is 0 Å². The first-order chi connectivity index (χ1) is 11.1. The summed E-state index contributed by atoms with van der Waals surface area (Å²) in [5.41, 5.74) is 0.802. The molecular formula is C15H15F2N3O3. The molecule has 0 spiro atoms. The van der Waals surface area contributed by atoms with Gasteiger partial charge in [0.15, 0.2) is 5.69 Å².